The molecule has 4 fully saturated rings. The number of hydrogen-bond donors (Lipinski definition) is 0. The van der Waals surface area contributed by atoms with Crippen LogP contribution >= 0.6 is 31.7 Å². The minimum atomic E-state index is -0.283. The van der Waals surface area contributed by atoms with Gasteiger partial charge in [-0.25, -0.2) is 0 Å². The molecule has 0 radical (unpaired) electrons. The van der Waals surface area contributed by atoms with E-state index in [1.807, 2.05) is 0 Å². The van der Waals surface area contributed by atoms with Crippen molar-refractivity contribution in [1.29, 1.82) is 0 Å². The van der Waals surface area contributed by atoms with Gasteiger partial charge < -0.3 is 0 Å². The predicted molar refractivity (Wildman–Crippen MR) is 277 cm³/mol. The van der Waals surface area contributed by atoms with E-state index in [0.717, 1.165) is 0 Å². The van der Waals surface area contributed by atoms with Gasteiger partial charge in [-0.05, 0) is 161 Å². The third kappa shape index (κ3) is 14.8. The molecule has 0 atom stereocenters. The Bertz CT molecular complexity index is 1420. The Morgan fingerprint density at radius 1 is 0.267 bits per heavy atom. The highest BCUT2D eigenvalue weighted by atomic mass is 31.1. The van der Waals surface area contributed by atoms with Gasteiger partial charge in [0.2, 0.25) is 0 Å². The van der Waals surface area contributed by atoms with Gasteiger partial charge in [0.15, 0.2) is 0 Å². The second-order valence-corrected chi connectivity index (χ2v) is 29.2. The predicted octanol–water partition coefficient (Wildman–Crippen LogP) is 16.1. The molecule has 0 aliphatic heterocycles. The van der Waals surface area contributed by atoms with Crippen molar-refractivity contribution in [2.45, 2.75) is 177 Å². The number of rotatable bonds is 18. The first-order chi connectivity index (χ1) is 29.8. The average molecular weight is 877 g/mol. The fourth-order valence-electron chi connectivity index (χ4n) is 11.4. The summed E-state index contributed by atoms with van der Waals surface area (Å²) in [5, 5.41) is 5.97. The molecule has 0 unspecified atom stereocenters. The highest BCUT2D eigenvalue weighted by Crippen LogP contribution is 2.58. The normalized spacial score (nSPS) is 18.9. The Labute approximate surface area is 373 Å². The molecule has 4 aromatic carbocycles. The zero-order valence-electron chi connectivity index (χ0n) is 37.4. The molecule has 0 nitrogen and oxygen atoms in total. The zero-order chi connectivity index (χ0) is 40.9. The third-order valence-electron chi connectivity index (χ3n) is 14.5. The van der Waals surface area contributed by atoms with Gasteiger partial charge in [0.1, 0.15) is 0 Å². The van der Waals surface area contributed by atoms with Gasteiger partial charge in [-0.3, -0.25) is 0 Å². The van der Waals surface area contributed by atoms with E-state index >= 15 is 0 Å². The maximum Gasteiger partial charge on any atom is -0.0195 e. The molecule has 0 amide bonds. The van der Waals surface area contributed by atoms with Crippen molar-refractivity contribution in [1.82, 2.24) is 0 Å². The first-order valence-electron chi connectivity index (χ1n) is 25.1. The van der Waals surface area contributed by atoms with Gasteiger partial charge in [-0.1, -0.05) is 198 Å². The van der Waals surface area contributed by atoms with Crippen LogP contribution in [0.2, 0.25) is 0 Å². The van der Waals surface area contributed by atoms with Crippen molar-refractivity contribution in [3.8, 4) is 0 Å². The summed E-state index contributed by atoms with van der Waals surface area (Å²) in [6.07, 6.45) is 43.1. The highest BCUT2D eigenvalue weighted by molar-refractivity contribution is 7.73. The quantitative estimate of drug-likeness (QED) is 0.0690. The van der Waals surface area contributed by atoms with E-state index in [1.165, 1.54) is 94.7 Å². The fourth-order valence-corrected chi connectivity index (χ4v) is 24.1. The molecule has 0 N–H and O–H groups in total. The lowest BCUT2D eigenvalue weighted by atomic mass is 9.99. The fraction of sp³-hybridized carbons (Fsp3) is 0.571. The molecule has 0 aromatic heterocycles. The summed E-state index contributed by atoms with van der Waals surface area (Å²) in [7, 11) is 0.135. The van der Waals surface area contributed by atoms with E-state index in [0.29, 0.717) is 15.8 Å². The van der Waals surface area contributed by atoms with E-state index in [9.17, 15) is 0 Å². The van der Waals surface area contributed by atoms with Gasteiger partial charge in [0.05, 0.1) is 0 Å². The average Bonchev–Trinajstić information content (AvgIpc) is 3.34. The molecule has 0 saturated heterocycles. The van der Waals surface area contributed by atoms with Crippen LogP contribution in [0.4, 0.5) is 0 Å². The van der Waals surface area contributed by atoms with Crippen LogP contribution in [-0.4, -0.2) is 47.3 Å². The van der Waals surface area contributed by atoms with E-state index < -0.39 is 0 Å². The van der Waals surface area contributed by atoms with Crippen LogP contribution in [0.15, 0.2) is 121 Å². The zero-order valence-corrected chi connectivity index (χ0v) is 41.0. The van der Waals surface area contributed by atoms with Gasteiger partial charge >= 0.3 is 0 Å². The van der Waals surface area contributed by atoms with Crippen molar-refractivity contribution in [2.24, 2.45) is 0 Å². The lowest BCUT2D eigenvalue weighted by molar-refractivity contribution is 0.482. The van der Waals surface area contributed by atoms with E-state index in [1.54, 1.807) is 128 Å². The van der Waals surface area contributed by atoms with Crippen LogP contribution in [-0.2, 0) is 0 Å². The number of unbranched alkanes of at least 4 members (excludes halogenated alkanes) is 2. The van der Waals surface area contributed by atoms with Crippen LogP contribution < -0.4 is 21.2 Å². The molecule has 4 saturated carbocycles. The minimum Gasteiger partial charge on any atom is -0.100 e. The van der Waals surface area contributed by atoms with Crippen molar-refractivity contribution >= 4 is 52.9 Å². The second kappa shape index (κ2) is 27.0. The molecular formula is C56H80P4. The first-order valence-corrected chi connectivity index (χ1v) is 31.5. The van der Waals surface area contributed by atoms with Crippen LogP contribution in [0.5, 0.6) is 0 Å². The molecule has 4 aliphatic carbocycles. The molecule has 8 rings (SSSR count). The SMILES string of the molecule is C1CCC(P(CCCCP(C2CCCCC2)C2CCCCC2)C2CCCCC2)CC1.c1ccc(P(CCCCP(c2ccccc2)c2ccccc2)c2ccccc2)cc1. The Kier molecular flexibility index (Phi) is 21.0. The summed E-state index contributed by atoms with van der Waals surface area (Å²) in [5.41, 5.74) is 4.70. The Morgan fingerprint density at radius 3 is 0.717 bits per heavy atom. The number of hydrogen-bond acceptors (Lipinski definition) is 0. The van der Waals surface area contributed by atoms with Crippen molar-refractivity contribution in [3.05, 3.63) is 121 Å². The summed E-state index contributed by atoms with van der Waals surface area (Å²) in [4.78, 5) is 0. The van der Waals surface area contributed by atoms with Crippen LogP contribution in [0.25, 0.3) is 0 Å². The van der Waals surface area contributed by atoms with Crippen molar-refractivity contribution < 1.29 is 0 Å². The maximum absolute atomic E-state index is 2.31. The molecular weight excluding hydrogens is 797 g/mol. The molecule has 0 spiro atoms. The molecule has 4 heteroatoms. The lowest BCUT2D eigenvalue weighted by Gasteiger charge is -2.40. The molecule has 60 heavy (non-hydrogen) atoms. The topological polar surface area (TPSA) is 0 Å². The van der Waals surface area contributed by atoms with Crippen LogP contribution in [0, 0.1) is 0 Å². The Morgan fingerprint density at radius 2 is 0.483 bits per heavy atom. The standard InChI is InChI=1S/C28H52P2.C28H28P2/c2*1-5-15-25(16-6-1)29(26-17-7-2-8-18-26)23-13-14-24-30(27-19-9-3-10-20-27)28-21-11-4-12-22-28/h25-28H,1-24H2;1-12,15-22H,13-14,23-24H2. The molecule has 0 bridgehead atoms. The summed E-state index contributed by atoms with van der Waals surface area (Å²) < 4.78 is 0. The van der Waals surface area contributed by atoms with Crippen LogP contribution in [0.3, 0.4) is 0 Å². The smallest absolute Gasteiger partial charge is 0.0195 e. The monoisotopic (exact) mass is 877 g/mol. The van der Waals surface area contributed by atoms with E-state index in [-0.39, 0.29) is 15.8 Å². The summed E-state index contributed by atoms with van der Waals surface area (Å²) >= 11 is 0. The van der Waals surface area contributed by atoms with E-state index in [4.69, 9.17) is 0 Å². The van der Waals surface area contributed by atoms with Gasteiger partial charge in [0, 0.05) is 0 Å². The summed E-state index contributed by atoms with van der Waals surface area (Å²) in [5.74, 6) is 0. The maximum atomic E-state index is 2.31. The minimum absolute atomic E-state index is 0.283. The van der Waals surface area contributed by atoms with Crippen LogP contribution in [0.1, 0.15) is 154 Å². The third-order valence-corrected chi connectivity index (χ3v) is 27.2. The van der Waals surface area contributed by atoms with E-state index in [2.05, 4.69) is 121 Å². The molecule has 4 aromatic rings. The van der Waals surface area contributed by atoms with Gasteiger partial charge in [-0.15, -0.1) is 15.8 Å². The van der Waals surface area contributed by atoms with Crippen molar-refractivity contribution in [2.75, 3.05) is 24.6 Å². The highest BCUT2D eigenvalue weighted by Gasteiger charge is 2.33. The molecule has 4 aliphatic rings. The number of benzene rings is 4. The summed E-state index contributed by atoms with van der Waals surface area (Å²) in [6.45, 7) is 0. The molecule has 324 valence electrons. The Balaban J connectivity index is 0.000000181. The Hall–Kier alpha value is -1.40. The van der Waals surface area contributed by atoms with Crippen molar-refractivity contribution in [3.63, 3.8) is 0 Å². The largest absolute Gasteiger partial charge is 0.100 e. The second-order valence-electron chi connectivity index (χ2n) is 18.7. The molecule has 0 heterocycles. The van der Waals surface area contributed by atoms with Gasteiger partial charge in [-0.2, -0.15) is 0 Å². The lowest BCUT2D eigenvalue weighted by Crippen LogP contribution is -2.23. The van der Waals surface area contributed by atoms with Gasteiger partial charge in [0.25, 0.3) is 0 Å². The first kappa shape index (κ1) is 46.6. The summed E-state index contributed by atoms with van der Waals surface area (Å²) in [6, 6.07) is 44.3.